The Kier molecular flexibility index (Phi) is 2.21. The van der Waals surface area contributed by atoms with Gasteiger partial charge in [0.1, 0.15) is 0 Å². The molecule has 0 atom stereocenters. The fraction of sp³-hybridized carbons (Fsp3) is 0.769. The van der Waals surface area contributed by atoms with E-state index in [0.29, 0.717) is 11.5 Å². The van der Waals surface area contributed by atoms with Gasteiger partial charge in [-0.3, -0.25) is 4.68 Å². The Morgan fingerprint density at radius 1 is 1.33 bits per heavy atom. The summed E-state index contributed by atoms with van der Waals surface area (Å²) in [6.45, 7) is 11.4. The number of hydrogen-bond donors (Lipinski definition) is 0. The Labute approximate surface area is 92.7 Å². The Morgan fingerprint density at radius 2 is 1.93 bits per heavy atom. The van der Waals surface area contributed by atoms with Gasteiger partial charge in [-0.05, 0) is 29.2 Å². The van der Waals surface area contributed by atoms with Crippen LogP contribution in [0.3, 0.4) is 0 Å². The quantitative estimate of drug-likeness (QED) is 0.687. The van der Waals surface area contributed by atoms with Crippen LogP contribution in [-0.2, 0) is 5.41 Å². The van der Waals surface area contributed by atoms with E-state index in [-0.39, 0.29) is 5.41 Å². The molecule has 0 bridgehead atoms. The summed E-state index contributed by atoms with van der Waals surface area (Å²) < 4.78 is 2.16. The van der Waals surface area contributed by atoms with Gasteiger partial charge in [0.05, 0.1) is 12.2 Å². The molecule has 2 nitrogen and oxygen atoms in total. The maximum Gasteiger partial charge on any atom is 0.0529 e. The van der Waals surface area contributed by atoms with Crippen LogP contribution in [0.25, 0.3) is 0 Å². The zero-order chi connectivity index (χ0) is 11.3. The van der Waals surface area contributed by atoms with Gasteiger partial charge in [-0.1, -0.05) is 34.6 Å². The van der Waals surface area contributed by atoms with E-state index in [1.54, 1.807) is 0 Å². The third kappa shape index (κ3) is 2.09. The summed E-state index contributed by atoms with van der Waals surface area (Å²) in [4.78, 5) is 0. The normalized spacial score (nSPS) is 21.4. The monoisotopic (exact) mass is 206 g/mol. The first-order chi connectivity index (χ1) is 6.78. The molecular weight excluding hydrogens is 184 g/mol. The van der Waals surface area contributed by atoms with Gasteiger partial charge in [0, 0.05) is 6.20 Å². The Hall–Kier alpha value is -0.790. The molecule has 0 N–H and O–H groups in total. The SMILES string of the molecule is CC1(C)CC(n2cc(C(C)(C)C)cn2)C1. The number of hydrogen-bond acceptors (Lipinski definition) is 1. The minimum Gasteiger partial charge on any atom is -0.269 e. The standard InChI is InChI=1S/C13H22N2/c1-12(2,3)10-8-14-15(9-10)11-6-13(4,5)7-11/h8-9,11H,6-7H2,1-5H3. The third-order valence-corrected chi connectivity index (χ3v) is 3.42. The van der Waals surface area contributed by atoms with Crippen LogP contribution in [0.2, 0.25) is 0 Å². The zero-order valence-corrected chi connectivity index (χ0v) is 10.5. The second-order valence-corrected chi connectivity index (χ2v) is 6.69. The highest BCUT2D eigenvalue weighted by Gasteiger charge is 2.37. The van der Waals surface area contributed by atoms with E-state index >= 15 is 0 Å². The van der Waals surface area contributed by atoms with E-state index < -0.39 is 0 Å². The molecule has 1 aliphatic rings. The number of nitrogens with zero attached hydrogens (tertiary/aromatic N) is 2. The van der Waals surface area contributed by atoms with Gasteiger partial charge in [-0.25, -0.2) is 0 Å². The van der Waals surface area contributed by atoms with Crippen LogP contribution in [0.5, 0.6) is 0 Å². The van der Waals surface area contributed by atoms with Crippen molar-refractivity contribution >= 4 is 0 Å². The number of aromatic nitrogens is 2. The molecule has 0 aromatic carbocycles. The molecule has 84 valence electrons. The summed E-state index contributed by atoms with van der Waals surface area (Å²) in [5, 5.41) is 4.49. The van der Waals surface area contributed by atoms with Crippen molar-refractivity contribution in [2.45, 2.75) is 58.9 Å². The van der Waals surface area contributed by atoms with E-state index in [1.807, 2.05) is 6.20 Å². The first kappa shape index (κ1) is 10.7. The highest BCUT2D eigenvalue weighted by molar-refractivity contribution is 5.16. The van der Waals surface area contributed by atoms with E-state index in [1.165, 1.54) is 18.4 Å². The summed E-state index contributed by atoms with van der Waals surface area (Å²) in [7, 11) is 0. The molecule has 1 saturated carbocycles. The largest absolute Gasteiger partial charge is 0.269 e. The Bertz CT molecular complexity index is 347. The summed E-state index contributed by atoms with van der Waals surface area (Å²) >= 11 is 0. The van der Waals surface area contributed by atoms with Crippen molar-refractivity contribution in [1.82, 2.24) is 9.78 Å². The molecule has 0 spiro atoms. The molecule has 1 heterocycles. The van der Waals surface area contributed by atoms with E-state index in [2.05, 4.69) is 50.6 Å². The second-order valence-electron chi connectivity index (χ2n) is 6.69. The zero-order valence-electron chi connectivity index (χ0n) is 10.5. The molecule has 1 aromatic heterocycles. The summed E-state index contributed by atoms with van der Waals surface area (Å²) in [5.74, 6) is 0. The smallest absolute Gasteiger partial charge is 0.0529 e. The maximum atomic E-state index is 4.49. The van der Waals surface area contributed by atoms with Crippen molar-refractivity contribution in [3.63, 3.8) is 0 Å². The lowest BCUT2D eigenvalue weighted by Gasteiger charge is -2.42. The molecule has 0 aliphatic heterocycles. The van der Waals surface area contributed by atoms with Crippen LogP contribution in [0.1, 0.15) is 59.1 Å². The first-order valence-corrected chi connectivity index (χ1v) is 5.83. The van der Waals surface area contributed by atoms with Crippen LogP contribution >= 0.6 is 0 Å². The molecule has 1 aromatic rings. The van der Waals surface area contributed by atoms with Gasteiger partial charge < -0.3 is 0 Å². The minimum atomic E-state index is 0.220. The average Bonchev–Trinajstić information content (AvgIpc) is 2.45. The Morgan fingerprint density at radius 3 is 2.33 bits per heavy atom. The molecular formula is C13H22N2. The minimum absolute atomic E-state index is 0.220. The lowest BCUT2D eigenvalue weighted by molar-refractivity contribution is 0.0947. The van der Waals surface area contributed by atoms with E-state index in [4.69, 9.17) is 0 Å². The van der Waals surface area contributed by atoms with Crippen molar-refractivity contribution in [3.05, 3.63) is 18.0 Å². The fourth-order valence-electron chi connectivity index (χ4n) is 2.33. The van der Waals surface area contributed by atoms with Crippen molar-refractivity contribution < 1.29 is 0 Å². The van der Waals surface area contributed by atoms with Gasteiger partial charge in [-0.15, -0.1) is 0 Å². The molecule has 2 heteroatoms. The van der Waals surface area contributed by atoms with Crippen molar-refractivity contribution in [1.29, 1.82) is 0 Å². The molecule has 0 radical (unpaired) electrons. The molecule has 0 saturated heterocycles. The van der Waals surface area contributed by atoms with Crippen LogP contribution < -0.4 is 0 Å². The molecule has 1 fully saturated rings. The van der Waals surface area contributed by atoms with E-state index in [9.17, 15) is 0 Å². The highest BCUT2D eigenvalue weighted by Crippen LogP contribution is 2.47. The van der Waals surface area contributed by atoms with Gasteiger partial charge >= 0.3 is 0 Å². The molecule has 0 amide bonds. The first-order valence-electron chi connectivity index (χ1n) is 5.83. The lowest BCUT2D eigenvalue weighted by atomic mass is 9.68. The summed E-state index contributed by atoms with van der Waals surface area (Å²) in [6.07, 6.45) is 6.77. The van der Waals surface area contributed by atoms with Crippen molar-refractivity contribution in [2.24, 2.45) is 5.41 Å². The van der Waals surface area contributed by atoms with Crippen LogP contribution in [-0.4, -0.2) is 9.78 Å². The van der Waals surface area contributed by atoms with Gasteiger partial charge in [0.2, 0.25) is 0 Å². The maximum absolute atomic E-state index is 4.49. The predicted molar refractivity (Wildman–Crippen MR) is 63.0 cm³/mol. The van der Waals surface area contributed by atoms with Crippen molar-refractivity contribution in [3.8, 4) is 0 Å². The predicted octanol–water partition coefficient (Wildman–Crippen LogP) is 3.54. The molecule has 0 unspecified atom stereocenters. The molecule has 2 rings (SSSR count). The van der Waals surface area contributed by atoms with Crippen LogP contribution in [0.4, 0.5) is 0 Å². The summed E-state index contributed by atoms with van der Waals surface area (Å²) in [5.41, 5.74) is 2.09. The Balaban J connectivity index is 2.10. The molecule has 15 heavy (non-hydrogen) atoms. The lowest BCUT2D eigenvalue weighted by Crippen LogP contribution is -2.33. The van der Waals surface area contributed by atoms with E-state index in [0.717, 1.165) is 0 Å². The fourth-order valence-corrected chi connectivity index (χ4v) is 2.33. The van der Waals surface area contributed by atoms with Gasteiger partial charge in [0.25, 0.3) is 0 Å². The van der Waals surface area contributed by atoms with Gasteiger partial charge in [0.15, 0.2) is 0 Å². The van der Waals surface area contributed by atoms with Crippen LogP contribution in [0, 0.1) is 5.41 Å². The van der Waals surface area contributed by atoms with Crippen molar-refractivity contribution in [2.75, 3.05) is 0 Å². The number of rotatable bonds is 1. The van der Waals surface area contributed by atoms with Gasteiger partial charge in [-0.2, -0.15) is 5.10 Å². The van der Waals surface area contributed by atoms with Crippen LogP contribution in [0.15, 0.2) is 12.4 Å². The average molecular weight is 206 g/mol. The third-order valence-electron chi connectivity index (χ3n) is 3.42. The second kappa shape index (κ2) is 3.10. The summed E-state index contributed by atoms with van der Waals surface area (Å²) in [6, 6.07) is 0.635. The molecule has 1 aliphatic carbocycles. The highest BCUT2D eigenvalue weighted by atomic mass is 15.3. The topological polar surface area (TPSA) is 17.8 Å².